The molecular weight excluding hydrogens is 388 g/mol. The van der Waals surface area contributed by atoms with Crippen LogP contribution in [0.4, 0.5) is 0 Å². The van der Waals surface area contributed by atoms with Crippen molar-refractivity contribution in [3.05, 3.63) is 34.9 Å². The molecule has 0 spiro atoms. The van der Waals surface area contributed by atoms with Crippen molar-refractivity contribution >= 4 is 23.4 Å². The molecule has 5 nitrogen and oxygen atoms in total. The van der Waals surface area contributed by atoms with Gasteiger partial charge < -0.3 is 15.3 Å². The first-order valence-electron chi connectivity index (χ1n) is 10.7. The van der Waals surface area contributed by atoms with Crippen molar-refractivity contribution in [1.82, 2.24) is 10.2 Å². The average Bonchev–Trinajstić information content (AvgIpc) is 3.22. The Labute approximate surface area is 178 Å². The minimum Gasteiger partial charge on any atom is -0.384 e. The summed E-state index contributed by atoms with van der Waals surface area (Å²) in [6, 6.07) is 7.31. The molecule has 3 rings (SSSR count). The van der Waals surface area contributed by atoms with Crippen molar-refractivity contribution in [2.24, 2.45) is 17.3 Å². The molecule has 1 saturated carbocycles. The van der Waals surface area contributed by atoms with Crippen molar-refractivity contribution in [1.29, 1.82) is 0 Å². The maximum Gasteiger partial charge on any atom is 0.227 e. The Morgan fingerprint density at radius 2 is 1.86 bits per heavy atom. The van der Waals surface area contributed by atoms with E-state index in [1.807, 2.05) is 37.8 Å². The van der Waals surface area contributed by atoms with Gasteiger partial charge in [0.15, 0.2) is 0 Å². The van der Waals surface area contributed by atoms with E-state index in [0.29, 0.717) is 31.1 Å². The number of nitrogens with zero attached hydrogens (tertiary/aromatic N) is 1. The van der Waals surface area contributed by atoms with Crippen LogP contribution < -0.4 is 5.32 Å². The van der Waals surface area contributed by atoms with Gasteiger partial charge in [-0.05, 0) is 37.0 Å². The number of carbonyl (C=O) groups excluding carboxylic acids is 2. The monoisotopic (exact) mass is 420 g/mol. The Hall–Kier alpha value is -1.59. The summed E-state index contributed by atoms with van der Waals surface area (Å²) in [6.07, 6.45) is 4.61. The van der Waals surface area contributed by atoms with Crippen molar-refractivity contribution in [3.63, 3.8) is 0 Å². The topological polar surface area (TPSA) is 69.6 Å². The van der Waals surface area contributed by atoms with E-state index in [9.17, 15) is 14.7 Å². The number of nitrogens with one attached hydrogen (secondary N) is 1. The fourth-order valence-corrected chi connectivity index (χ4v) is 4.88. The van der Waals surface area contributed by atoms with E-state index < -0.39 is 11.0 Å². The van der Waals surface area contributed by atoms with Crippen LogP contribution >= 0.6 is 11.6 Å². The first-order chi connectivity index (χ1) is 13.6. The highest BCUT2D eigenvalue weighted by Crippen LogP contribution is 2.46. The molecular formula is C23H33ClN2O3. The number of aliphatic hydroxyl groups is 1. The van der Waals surface area contributed by atoms with Gasteiger partial charge in [-0.1, -0.05) is 57.3 Å². The summed E-state index contributed by atoms with van der Waals surface area (Å²) in [5, 5.41) is 15.1. The molecule has 2 aliphatic rings. The molecule has 0 bridgehead atoms. The summed E-state index contributed by atoms with van der Waals surface area (Å²) < 4.78 is 0. The lowest BCUT2D eigenvalue weighted by Gasteiger charge is -2.51. The van der Waals surface area contributed by atoms with Gasteiger partial charge in [0.1, 0.15) is 0 Å². The third-order valence-corrected chi connectivity index (χ3v) is 7.06. The molecule has 2 fully saturated rings. The maximum atomic E-state index is 13.0. The van der Waals surface area contributed by atoms with E-state index in [4.69, 9.17) is 11.6 Å². The first-order valence-corrected chi connectivity index (χ1v) is 11.1. The molecule has 1 aromatic rings. The molecule has 1 heterocycles. The van der Waals surface area contributed by atoms with Crippen molar-refractivity contribution in [2.45, 2.75) is 58.5 Å². The van der Waals surface area contributed by atoms with Gasteiger partial charge in [-0.3, -0.25) is 9.59 Å². The molecule has 0 aromatic heterocycles. The van der Waals surface area contributed by atoms with Gasteiger partial charge in [0.05, 0.1) is 11.5 Å². The number of amides is 2. The molecule has 1 aliphatic carbocycles. The lowest BCUT2D eigenvalue weighted by Crippen LogP contribution is -2.57. The van der Waals surface area contributed by atoms with Crippen LogP contribution in [0.25, 0.3) is 0 Å². The number of rotatable bonds is 5. The highest BCUT2D eigenvalue weighted by Gasteiger charge is 2.49. The van der Waals surface area contributed by atoms with Gasteiger partial charge in [-0.25, -0.2) is 0 Å². The molecule has 160 valence electrons. The fraction of sp³-hybridized carbons (Fsp3) is 0.652. The third-order valence-electron chi connectivity index (χ3n) is 6.81. The van der Waals surface area contributed by atoms with Crippen LogP contribution in [-0.2, 0) is 15.2 Å². The Kier molecular flexibility index (Phi) is 6.59. The van der Waals surface area contributed by atoms with Crippen molar-refractivity contribution < 1.29 is 14.7 Å². The summed E-state index contributed by atoms with van der Waals surface area (Å²) in [7, 11) is 0. The van der Waals surface area contributed by atoms with Crippen LogP contribution in [-0.4, -0.2) is 41.5 Å². The molecule has 2 amide bonds. The van der Waals surface area contributed by atoms with Gasteiger partial charge in [0.25, 0.3) is 0 Å². The Morgan fingerprint density at radius 3 is 2.45 bits per heavy atom. The zero-order valence-corrected chi connectivity index (χ0v) is 18.5. The zero-order chi connectivity index (χ0) is 21.2. The number of piperidine rings is 1. The van der Waals surface area contributed by atoms with Gasteiger partial charge in [0, 0.05) is 36.0 Å². The molecule has 0 radical (unpaired) electrons. The van der Waals surface area contributed by atoms with E-state index in [0.717, 1.165) is 31.2 Å². The first kappa shape index (κ1) is 22.1. The van der Waals surface area contributed by atoms with E-state index in [1.54, 1.807) is 12.1 Å². The largest absolute Gasteiger partial charge is 0.384 e. The molecule has 2 atom stereocenters. The van der Waals surface area contributed by atoms with Crippen LogP contribution in [0.5, 0.6) is 0 Å². The molecule has 1 unspecified atom stereocenters. The van der Waals surface area contributed by atoms with Crippen LogP contribution in [0.15, 0.2) is 24.3 Å². The van der Waals surface area contributed by atoms with Gasteiger partial charge in [0.2, 0.25) is 11.8 Å². The summed E-state index contributed by atoms with van der Waals surface area (Å²) >= 11 is 6.00. The normalized spacial score (nSPS) is 25.6. The maximum absolute atomic E-state index is 13.0. The number of hydrogen-bond acceptors (Lipinski definition) is 3. The third kappa shape index (κ3) is 4.61. The molecule has 1 aliphatic heterocycles. The average molecular weight is 421 g/mol. The molecule has 1 aromatic carbocycles. The van der Waals surface area contributed by atoms with Crippen LogP contribution in [0, 0.1) is 17.3 Å². The molecule has 2 N–H and O–H groups in total. The smallest absolute Gasteiger partial charge is 0.227 e. The Morgan fingerprint density at radius 1 is 1.24 bits per heavy atom. The molecule has 6 heteroatoms. The quantitative estimate of drug-likeness (QED) is 0.762. The Bertz CT molecular complexity index is 743. The number of carbonyl (C=O) groups is 2. The minimum absolute atomic E-state index is 0.0305. The number of halogens is 1. The SMILES string of the molecule is CC(CNC(=O)C1CCCC1)C(=O)N1CC[C@](O)(c2ccc(Cl)cc2)C(C)(C)C1. The number of likely N-dealkylation sites (tertiary alicyclic amines) is 1. The number of hydrogen-bond donors (Lipinski definition) is 2. The standard InChI is InChI=1S/C23H33ClN2O3/c1-16(14-25-20(27)17-6-4-5-7-17)21(28)26-13-12-23(29,22(2,3)15-26)18-8-10-19(24)11-9-18/h8-11,16-17,29H,4-7,12-15H2,1-3H3,(H,25,27)/t16?,23-/m0/s1. The molecule has 1 saturated heterocycles. The van der Waals surface area contributed by atoms with Crippen molar-refractivity contribution in [2.75, 3.05) is 19.6 Å². The summed E-state index contributed by atoms with van der Waals surface area (Å²) in [6.45, 7) is 7.17. The van der Waals surface area contributed by atoms with Gasteiger partial charge >= 0.3 is 0 Å². The summed E-state index contributed by atoms with van der Waals surface area (Å²) in [4.78, 5) is 27.1. The molecule has 29 heavy (non-hydrogen) atoms. The summed E-state index contributed by atoms with van der Waals surface area (Å²) in [5.41, 5.74) is -0.702. The van der Waals surface area contributed by atoms with E-state index >= 15 is 0 Å². The summed E-state index contributed by atoms with van der Waals surface area (Å²) in [5.74, 6) is -0.0559. The second-order valence-corrected chi connectivity index (χ2v) is 9.82. The van der Waals surface area contributed by atoms with E-state index in [1.165, 1.54) is 0 Å². The predicted octanol–water partition coefficient (Wildman–Crippen LogP) is 3.73. The lowest BCUT2D eigenvalue weighted by atomic mass is 9.66. The highest BCUT2D eigenvalue weighted by atomic mass is 35.5. The van der Waals surface area contributed by atoms with Crippen LogP contribution in [0.1, 0.15) is 58.4 Å². The van der Waals surface area contributed by atoms with E-state index in [2.05, 4.69) is 5.32 Å². The van der Waals surface area contributed by atoms with Crippen molar-refractivity contribution in [3.8, 4) is 0 Å². The van der Waals surface area contributed by atoms with E-state index in [-0.39, 0.29) is 23.7 Å². The van der Waals surface area contributed by atoms with Crippen LogP contribution in [0.2, 0.25) is 5.02 Å². The second-order valence-electron chi connectivity index (χ2n) is 9.39. The zero-order valence-electron chi connectivity index (χ0n) is 17.7. The number of benzene rings is 1. The Balaban J connectivity index is 1.60. The minimum atomic E-state index is -1.02. The lowest BCUT2D eigenvalue weighted by molar-refractivity contribution is -0.156. The highest BCUT2D eigenvalue weighted by molar-refractivity contribution is 6.30. The fourth-order valence-electron chi connectivity index (χ4n) is 4.76. The predicted molar refractivity (Wildman–Crippen MR) is 114 cm³/mol. The van der Waals surface area contributed by atoms with Gasteiger partial charge in [-0.15, -0.1) is 0 Å². The van der Waals surface area contributed by atoms with Crippen LogP contribution in [0.3, 0.4) is 0 Å². The second kappa shape index (κ2) is 8.65. The van der Waals surface area contributed by atoms with Gasteiger partial charge in [-0.2, -0.15) is 0 Å².